The molecule has 21 heavy (non-hydrogen) atoms. The molecule has 0 aliphatic heterocycles. The summed E-state index contributed by atoms with van der Waals surface area (Å²) >= 11 is 0. The summed E-state index contributed by atoms with van der Waals surface area (Å²) in [5, 5.41) is 24.3. The van der Waals surface area contributed by atoms with Gasteiger partial charge in [0.25, 0.3) is 0 Å². The second kappa shape index (κ2) is 7.75. The molecule has 1 aromatic carbocycles. The van der Waals surface area contributed by atoms with Gasteiger partial charge in [-0.2, -0.15) is 0 Å². The van der Waals surface area contributed by atoms with Crippen LogP contribution in [0.4, 0.5) is 5.69 Å². The number of aliphatic hydroxyl groups excluding tert-OH is 1. The number of carboxylic acid groups (broad SMARTS) is 1. The van der Waals surface area contributed by atoms with Gasteiger partial charge in [-0.05, 0) is 32.4 Å². The predicted molar refractivity (Wildman–Crippen MR) is 76.4 cm³/mol. The molecule has 0 saturated heterocycles. The van der Waals surface area contributed by atoms with Crippen LogP contribution >= 0.6 is 0 Å². The number of carboxylic acids is 1. The first-order valence-electron chi connectivity index (χ1n) is 6.89. The first-order chi connectivity index (χ1) is 9.79. The molecule has 6 heteroatoms. The summed E-state index contributed by atoms with van der Waals surface area (Å²) in [5.74, 6) is -1.70. The maximum Gasteiger partial charge on any atom is 0.230 e. The Kier molecular flexibility index (Phi) is 6.33. The van der Waals surface area contributed by atoms with Crippen molar-refractivity contribution in [3.63, 3.8) is 0 Å². The molecule has 0 heterocycles. The standard InChI is InChI=1S/C15H22N2O4/c1-9-4-5-12(10(2)6-9)17-14(19)7-13(15(20)21)16-8-11(3)18/h4-6,11,13,16,18H,7-8H2,1-3H3,(H,17,19)(H,20,21)/t11-,13+/m1/s1. The van der Waals surface area contributed by atoms with Gasteiger partial charge in [0.1, 0.15) is 12.6 Å². The van der Waals surface area contributed by atoms with E-state index in [0.29, 0.717) is 5.69 Å². The molecule has 0 saturated carbocycles. The van der Waals surface area contributed by atoms with E-state index in [9.17, 15) is 14.7 Å². The summed E-state index contributed by atoms with van der Waals surface area (Å²) in [5.41, 5.74) is 2.67. The SMILES string of the molecule is Cc1ccc(NC(=O)C[C@H]([NH2+]C[C@@H](C)O)C(=O)[O-])c(C)c1. The van der Waals surface area contributed by atoms with E-state index in [2.05, 4.69) is 5.32 Å². The molecule has 1 amide bonds. The lowest BCUT2D eigenvalue weighted by molar-refractivity contribution is -0.687. The number of aryl methyl sites for hydroxylation is 2. The summed E-state index contributed by atoms with van der Waals surface area (Å²) in [6, 6.07) is 4.59. The van der Waals surface area contributed by atoms with Crippen LogP contribution in [-0.4, -0.2) is 35.7 Å². The lowest BCUT2D eigenvalue weighted by atomic mass is 10.1. The Morgan fingerprint density at radius 2 is 2.05 bits per heavy atom. The van der Waals surface area contributed by atoms with Crippen LogP contribution in [0.2, 0.25) is 0 Å². The average Bonchev–Trinajstić information content (AvgIpc) is 2.37. The van der Waals surface area contributed by atoms with Gasteiger partial charge in [-0.1, -0.05) is 17.7 Å². The van der Waals surface area contributed by atoms with E-state index in [1.165, 1.54) is 5.32 Å². The maximum atomic E-state index is 11.9. The first kappa shape index (κ1) is 17.1. The van der Waals surface area contributed by atoms with Crippen LogP contribution in [0.1, 0.15) is 24.5 Å². The highest BCUT2D eigenvalue weighted by Crippen LogP contribution is 2.16. The number of nitrogens with one attached hydrogen (secondary N) is 1. The first-order valence-corrected chi connectivity index (χ1v) is 6.89. The van der Waals surface area contributed by atoms with Gasteiger partial charge in [0.05, 0.1) is 18.5 Å². The van der Waals surface area contributed by atoms with Crippen molar-refractivity contribution in [3.05, 3.63) is 29.3 Å². The summed E-state index contributed by atoms with van der Waals surface area (Å²) < 4.78 is 0. The Bertz CT molecular complexity index is 514. The highest BCUT2D eigenvalue weighted by atomic mass is 16.4. The minimum absolute atomic E-state index is 0.204. The molecule has 1 rings (SSSR count). The molecule has 1 aromatic rings. The largest absolute Gasteiger partial charge is 0.544 e. The van der Waals surface area contributed by atoms with E-state index >= 15 is 0 Å². The molecular formula is C15H22N2O4. The number of amides is 1. The third kappa shape index (κ3) is 5.93. The molecule has 0 bridgehead atoms. The Labute approximate surface area is 124 Å². The second-order valence-corrected chi connectivity index (χ2v) is 5.32. The topological polar surface area (TPSA) is 106 Å². The van der Waals surface area contributed by atoms with E-state index < -0.39 is 24.0 Å². The van der Waals surface area contributed by atoms with Crippen molar-refractivity contribution in [3.8, 4) is 0 Å². The Morgan fingerprint density at radius 3 is 2.57 bits per heavy atom. The molecule has 0 spiro atoms. The number of hydrogen-bond donors (Lipinski definition) is 3. The van der Waals surface area contributed by atoms with E-state index in [4.69, 9.17) is 5.11 Å². The monoisotopic (exact) mass is 294 g/mol. The summed E-state index contributed by atoms with van der Waals surface area (Å²) in [6.45, 7) is 5.59. The van der Waals surface area contributed by atoms with Crippen LogP contribution in [0.3, 0.4) is 0 Å². The highest BCUT2D eigenvalue weighted by molar-refractivity contribution is 5.94. The summed E-state index contributed by atoms with van der Waals surface area (Å²) in [6.07, 6.45) is -0.850. The number of hydrogen-bond acceptors (Lipinski definition) is 4. The van der Waals surface area contributed by atoms with Crippen molar-refractivity contribution in [1.82, 2.24) is 0 Å². The van der Waals surface area contributed by atoms with Crippen LogP contribution in [-0.2, 0) is 9.59 Å². The number of carbonyl (C=O) groups excluding carboxylic acids is 2. The fourth-order valence-electron chi connectivity index (χ4n) is 1.98. The van der Waals surface area contributed by atoms with E-state index in [1.807, 2.05) is 26.0 Å². The van der Waals surface area contributed by atoms with Crippen LogP contribution in [0, 0.1) is 13.8 Å². The number of benzene rings is 1. The van der Waals surface area contributed by atoms with Gasteiger partial charge in [0.15, 0.2) is 0 Å². The number of aliphatic hydroxyl groups is 1. The van der Waals surface area contributed by atoms with Crippen molar-refractivity contribution in [2.75, 3.05) is 11.9 Å². The molecule has 2 atom stereocenters. The third-order valence-corrected chi connectivity index (χ3v) is 3.13. The molecule has 0 unspecified atom stereocenters. The quantitative estimate of drug-likeness (QED) is 0.581. The Balaban J connectivity index is 2.63. The molecule has 116 valence electrons. The Hall–Kier alpha value is -1.92. The van der Waals surface area contributed by atoms with Crippen LogP contribution in [0.25, 0.3) is 0 Å². The smallest absolute Gasteiger partial charge is 0.230 e. The van der Waals surface area contributed by atoms with Crippen molar-refractivity contribution in [2.45, 2.75) is 39.3 Å². The van der Waals surface area contributed by atoms with Gasteiger partial charge in [-0.25, -0.2) is 0 Å². The van der Waals surface area contributed by atoms with E-state index in [1.54, 1.807) is 13.0 Å². The predicted octanol–water partition coefficient (Wildman–Crippen LogP) is -1.31. The normalized spacial score (nSPS) is 13.5. The summed E-state index contributed by atoms with van der Waals surface area (Å²) in [7, 11) is 0. The molecule has 0 aromatic heterocycles. The van der Waals surface area contributed by atoms with Crippen molar-refractivity contribution < 1.29 is 25.1 Å². The van der Waals surface area contributed by atoms with Gasteiger partial charge in [0.2, 0.25) is 5.91 Å². The molecule has 0 aliphatic carbocycles. The average molecular weight is 294 g/mol. The van der Waals surface area contributed by atoms with Crippen molar-refractivity contribution in [1.29, 1.82) is 0 Å². The molecule has 6 nitrogen and oxygen atoms in total. The minimum Gasteiger partial charge on any atom is -0.544 e. The van der Waals surface area contributed by atoms with Crippen molar-refractivity contribution >= 4 is 17.6 Å². The zero-order valence-electron chi connectivity index (χ0n) is 12.6. The fraction of sp³-hybridized carbons (Fsp3) is 0.467. The number of nitrogens with two attached hydrogens (primary N) is 1. The Morgan fingerprint density at radius 1 is 1.38 bits per heavy atom. The lowest BCUT2D eigenvalue weighted by Gasteiger charge is -2.17. The highest BCUT2D eigenvalue weighted by Gasteiger charge is 2.19. The van der Waals surface area contributed by atoms with Crippen molar-refractivity contribution in [2.24, 2.45) is 0 Å². The van der Waals surface area contributed by atoms with Crippen LogP contribution in [0.15, 0.2) is 18.2 Å². The van der Waals surface area contributed by atoms with Gasteiger partial charge in [0, 0.05) is 5.69 Å². The molecule has 0 aliphatic rings. The van der Waals surface area contributed by atoms with Crippen LogP contribution in [0.5, 0.6) is 0 Å². The number of quaternary nitrogens is 1. The minimum atomic E-state index is -1.31. The van der Waals surface area contributed by atoms with E-state index in [0.717, 1.165) is 11.1 Å². The number of anilines is 1. The summed E-state index contributed by atoms with van der Waals surface area (Å²) in [4.78, 5) is 22.9. The third-order valence-electron chi connectivity index (χ3n) is 3.13. The van der Waals surface area contributed by atoms with Gasteiger partial charge >= 0.3 is 0 Å². The molecular weight excluding hydrogens is 272 g/mol. The maximum absolute atomic E-state index is 11.9. The van der Waals surface area contributed by atoms with E-state index in [-0.39, 0.29) is 13.0 Å². The molecule has 0 fully saturated rings. The zero-order valence-corrected chi connectivity index (χ0v) is 12.6. The number of rotatable bonds is 7. The molecule has 4 N–H and O–H groups in total. The van der Waals surface area contributed by atoms with Crippen LogP contribution < -0.4 is 15.7 Å². The zero-order chi connectivity index (χ0) is 16.0. The lowest BCUT2D eigenvalue weighted by Crippen LogP contribution is -2.94. The van der Waals surface area contributed by atoms with Gasteiger partial charge < -0.3 is 25.6 Å². The number of aliphatic carboxylic acids is 1. The second-order valence-electron chi connectivity index (χ2n) is 5.32. The molecule has 0 radical (unpaired) electrons. The fourth-order valence-corrected chi connectivity index (χ4v) is 1.98. The number of carbonyl (C=O) groups is 2. The van der Waals surface area contributed by atoms with Gasteiger partial charge in [-0.15, -0.1) is 0 Å². The van der Waals surface area contributed by atoms with Gasteiger partial charge in [-0.3, -0.25) is 4.79 Å².